The summed E-state index contributed by atoms with van der Waals surface area (Å²) in [5.74, 6) is 1.24. The number of urea groups is 1. The molecule has 2 aromatic carbocycles. The van der Waals surface area contributed by atoms with E-state index < -0.39 is 0 Å². The van der Waals surface area contributed by atoms with E-state index in [1.807, 2.05) is 30.0 Å². The van der Waals surface area contributed by atoms with E-state index in [1.165, 1.54) is 4.90 Å². The SMILES string of the molecule is COc1cc(NC(=O)NCC2(Sc3ccccc3)CCOCC2)cc(OC)c1. The minimum atomic E-state index is -0.255. The molecule has 0 aliphatic carbocycles. The lowest BCUT2D eigenvalue weighted by atomic mass is 9.99. The predicted octanol–water partition coefficient (Wildman–Crippen LogP) is 4.17. The number of ether oxygens (including phenoxy) is 3. The van der Waals surface area contributed by atoms with Crippen LogP contribution in [0, 0.1) is 0 Å². The summed E-state index contributed by atoms with van der Waals surface area (Å²) in [5.41, 5.74) is 0.616. The van der Waals surface area contributed by atoms with Crippen molar-refractivity contribution in [1.82, 2.24) is 5.32 Å². The third-order valence-corrected chi connectivity index (χ3v) is 6.16. The van der Waals surface area contributed by atoms with Crippen LogP contribution in [0.1, 0.15) is 12.8 Å². The third-order valence-electron chi connectivity index (χ3n) is 4.66. The Morgan fingerprint density at radius 1 is 1.07 bits per heavy atom. The van der Waals surface area contributed by atoms with Crippen molar-refractivity contribution < 1.29 is 19.0 Å². The molecule has 0 spiro atoms. The largest absolute Gasteiger partial charge is 0.497 e. The van der Waals surface area contributed by atoms with Gasteiger partial charge in [0, 0.05) is 53.3 Å². The van der Waals surface area contributed by atoms with E-state index >= 15 is 0 Å². The van der Waals surface area contributed by atoms with Gasteiger partial charge >= 0.3 is 6.03 Å². The topological polar surface area (TPSA) is 68.8 Å². The maximum atomic E-state index is 12.5. The van der Waals surface area contributed by atoms with Crippen LogP contribution < -0.4 is 20.1 Å². The number of amides is 2. The van der Waals surface area contributed by atoms with E-state index in [2.05, 4.69) is 22.8 Å². The number of hydrogen-bond acceptors (Lipinski definition) is 5. The molecule has 1 saturated heterocycles. The lowest BCUT2D eigenvalue weighted by Crippen LogP contribution is -2.45. The second-order valence-corrected chi connectivity index (χ2v) is 8.16. The van der Waals surface area contributed by atoms with E-state index in [1.54, 1.807) is 32.4 Å². The maximum absolute atomic E-state index is 12.5. The molecule has 0 saturated carbocycles. The Hall–Kier alpha value is -2.38. The summed E-state index contributed by atoms with van der Waals surface area (Å²) in [5, 5.41) is 5.89. The summed E-state index contributed by atoms with van der Waals surface area (Å²) >= 11 is 1.81. The first-order valence-corrected chi connectivity index (χ1v) is 10.0. The van der Waals surface area contributed by atoms with Gasteiger partial charge in [0.25, 0.3) is 0 Å². The summed E-state index contributed by atoms with van der Waals surface area (Å²) in [6.45, 7) is 1.97. The number of carbonyl (C=O) groups excluding carboxylic acids is 1. The number of hydrogen-bond donors (Lipinski definition) is 2. The fourth-order valence-corrected chi connectivity index (χ4v) is 4.40. The molecule has 0 bridgehead atoms. The molecule has 2 N–H and O–H groups in total. The van der Waals surface area contributed by atoms with E-state index in [0.717, 1.165) is 12.8 Å². The smallest absolute Gasteiger partial charge is 0.319 e. The molecule has 7 heteroatoms. The molecule has 150 valence electrons. The standard InChI is InChI=1S/C21H26N2O4S/c1-25-17-12-16(13-18(14-17)26-2)23-20(24)22-15-21(8-10-27-11-9-21)28-19-6-4-3-5-7-19/h3-7,12-14H,8-11,15H2,1-2H3,(H2,22,23,24). The van der Waals surface area contributed by atoms with Crippen molar-refractivity contribution >= 4 is 23.5 Å². The second kappa shape index (κ2) is 9.71. The van der Waals surface area contributed by atoms with Crippen molar-refractivity contribution in [3.05, 3.63) is 48.5 Å². The van der Waals surface area contributed by atoms with Crippen molar-refractivity contribution in [3.8, 4) is 11.5 Å². The van der Waals surface area contributed by atoms with E-state index in [-0.39, 0.29) is 10.8 Å². The molecule has 3 rings (SSSR count). The van der Waals surface area contributed by atoms with Gasteiger partial charge in [0.15, 0.2) is 0 Å². The van der Waals surface area contributed by atoms with Crippen molar-refractivity contribution in [1.29, 1.82) is 0 Å². The number of rotatable bonds is 7. The average Bonchev–Trinajstić information content (AvgIpc) is 2.73. The highest BCUT2D eigenvalue weighted by Crippen LogP contribution is 2.40. The van der Waals surface area contributed by atoms with Crippen molar-refractivity contribution in [2.45, 2.75) is 22.5 Å². The molecule has 2 aromatic rings. The van der Waals surface area contributed by atoms with Crippen LogP contribution in [0.4, 0.5) is 10.5 Å². The molecule has 28 heavy (non-hydrogen) atoms. The van der Waals surface area contributed by atoms with E-state index in [0.29, 0.717) is 36.9 Å². The molecular weight excluding hydrogens is 376 g/mol. The molecule has 2 amide bonds. The number of anilines is 1. The first-order valence-electron chi connectivity index (χ1n) is 9.22. The fraction of sp³-hybridized carbons (Fsp3) is 0.381. The molecule has 0 unspecified atom stereocenters. The Balaban J connectivity index is 1.64. The van der Waals surface area contributed by atoms with Crippen LogP contribution in [0.5, 0.6) is 11.5 Å². The van der Waals surface area contributed by atoms with Gasteiger partial charge in [-0.15, -0.1) is 11.8 Å². The molecule has 0 aromatic heterocycles. The van der Waals surface area contributed by atoms with Gasteiger partial charge in [-0.05, 0) is 25.0 Å². The van der Waals surface area contributed by atoms with Crippen LogP contribution in [-0.2, 0) is 4.74 Å². The normalized spacial score (nSPS) is 15.5. The lowest BCUT2D eigenvalue weighted by molar-refractivity contribution is 0.0777. The average molecular weight is 403 g/mol. The van der Waals surface area contributed by atoms with Crippen molar-refractivity contribution in [2.24, 2.45) is 0 Å². The molecule has 1 heterocycles. The Morgan fingerprint density at radius 2 is 1.71 bits per heavy atom. The van der Waals surface area contributed by atoms with Gasteiger partial charge in [-0.1, -0.05) is 18.2 Å². The zero-order valence-corrected chi connectivity index (χ0v) is 17.0. The molecular formula is C21H26N2O4S. The number of thioether (sulfide) groups is 1. The van der Waals surface area contributed by atoms with Crippen LogP contribution in [0.15, 0.2) is 53.4 Å². The second-order valence-electron chi connectivity index (χ2n) is 6.62. The summed E-state index contributed by atoms with van der Waals surface area (Å²) in [4.78, 5) is 13.7. The predicted molar refractivity (Wildman–Crippen MR) is 112 cm³/mol. The summed E-state index contributed by atoms with van der Waals surface area (Å²) in [6.07, 6.45) is 1.78. The first kappa shape index (κ1) is 20.4. The highest BCUT2D eigenvalue weighted by Gasteiger charge is 2.34. The van der Waals surface area contributed by atoms with Gasteiger partial charge < -0.3 is 24.8 Å². The highest BCUT2D eigenvalue weighted by molar-refractivity contribution is 8.00. The molecule has 1 aliphatic heterocycles. The maximum Gasteiger partial charge on any atom is 0.319 e. The number of carbonyl (C=O) groups is 1. The highest BCUT2D eigenvalue weighted by atomic mass is 32.2. The minimum Gasteiger partial charge on any atom is -0.497 e. The molecule has 1 aliphatic rings. The van der Waals surface area contributed by atoms with Gasteiger partial charge in [-0.2, -0.15) is 0 Å². The number of benzene rings is 2. The van der Waals surface area contributed by atoms with Gasteiger partial charge in [0.05, 0.1) is 14.2 Å². The Bertz CT molecular complexity index is 757. The van der Waals surface area contributed by atoms with Gasteiger partial charge in [0.1, 0.15) is 11.5 Å². The van der Waals surface area contributed by atoms with Gasteiger partial charge in [-0.3, -0.25) is 0 Å². The minimum absolute atomic E-state index is 0.0803. The molecule has 0 radical (unpaired) electrons. The number of nitrogens with one attached hydrogen (secondary N) is 2. The van der Waals surface area contributed by atoms with Crippen molar-refractivity contribution in [3.63, 3.8) is 0 Å². The summed E-state index contributed by atoms with van der Waals surface area (Å²) < 4.78 is 16.0. The first-order chi connectivity index (χ1) is 13.6. The Morgan fingerprint density at radius 3 is 2.32 bits per heavy atom. The third kappa shape index (κ3) is 5.56. The molecule has 0 atom stereocenters. The van der Waals surface area contributed by atoms with Gasteiger partial charge in [0.2, 0.25) is 0 Å². The number of methoxy groups -OCH3 is 2. The van der Waals surface area contributed by atoms with Crippen LogP contribution in [0.25, 0.3) is 0 Å². The monoisotopic (exact) mass is 402 g/mol. The quantitative estimate of drug-likeness (QED) is 0.728. The van der Waals surface area contributed by atoms with E-state index in [9.17, 15) is 4.79 Å². The van der Waals surface area contributed by atoms with Crippen LogP contribution >= 0.6 is 11.8 Å². The van der Waals surface area contributed by atoms with Crippen LogP contribution in [0.3, 0.4) is 0 Å². The van der Waals surface area contributed by atoms with Gasteiger partial charge in [-0.25, -0.2) is 4.79 Å². The molecule has 1 fully saturated rings. The lowest BCUT2D eigenvalue weighted by Gasteiger charge is -2.36. The fourth-order valence-electron chi connectivity index (χ4n) is 3.09. The zero-order valence-electron chi connectivity index (χ0n) is 16.2. The Labute approximate surface area is 169 Å². The Kier molecular flexibility index (Phi) is 7.06. The van der Waals surface area contributed by atoms with Crippen LogP contribution in [-0.4, -0.2) is 44.8 Å². The summed E-state index contributed by atoms with van der Waals surface area (Å²) in [7, 11) is 3.16. The summed E-state index contributed by atoms with van der Waals surface area (Å²) in [6, 6.07) is 15.3. The van der Waals surface area contributed by atoms with E-state index in [4.69, 9.17) is 14.2 Å². The zero-order chi connectivity index (χ0) is 19.8. The van der Waals surface area contributed by atoms with Crippen LogP contribution in [0.2, 0.25) is 0 Å². The van der Waals surface area contributed by atoms with Crippen molar-refractivity contribution in [2.75, 3.05) is 39.3 Å². The molecule has 6 nitrogen and oxygen atoms in total.